The van der Waals surface area contributed by atoms with Crippen LogP contribution in [0.5, 0.6) is 0 Å². The molecule has 44 heavy (non-hydrogen) atoms. The van der Waals surface area contributed by atoms with Gasteiger partial charge in [0.05, 0.1) is 0 Å². The SMILES string of the molecule is CC(C)(C)P(Cc1ccc2ccccc2c1-c1c(CP(c2ccccc2)c2ccccc2)ccc2ccccc12)C(C)(C)C. The monoisotopic (exact) mass is 610 g/mol. The summed E-state index contributed by atoms with van der Waals surface area (Å²) in [5.74, 6) is 0. The molecule has 0 spiro atoms. The zero-order valence-corrected chi connectivity index (χ0v) is 28.8. The van der Waals surface area contributed by atoms with Gasteiger partial charge in [-0.2, -0.15) is 0 Å². The molecular formula is C42H44P2. The van der Waals surface area contributed by atoms with E-state index in [0.29, 0.717) is 0 Å². The van der Waals surface area contributed by atoms with E-state index in [1.165, 1.54) is 54.4 Å². The van der Waals surface area contributed by atoms with E-state index in [1.54, 1.807) is 0 Å². The molecule has 0 amide bonds. The largest absolute Gasteiger partial charge is 0.0911 e. The van der Waals surface area contributed by atoms with Crippen molar-refractivity contribution in [2.75, 3.05) is 0 Å². The van der Waals surface area contributed by atoms with Crippen LogP contribution in [0.3, 0.4) is 0 Å². The first-order chi connectivity index (χ1) is 21.1. The first kappa shape index (κ1) is 30.7. The fraction of sp³-hybridized carbons (Fsp3) is 0.238. The van der Waals surface area contributed by atoms with Crippen LogP contribution in [0.15, 0.2) is 133 Å². The molecule has 0 aliphatic heterocycles. The zero-order valence-electron chi connectivity index (χ0n) is 27.0. The van der Waals surface area contributed by atoms with Crippen molar-refractivity contribution in [3.63, 3.8) is 0 Å². The van der Waals surface area contributed by atoms with Crippen LogP contribution in [-0.2, 0) is 12.3 Å². The summed E-state index contributed by atoms with van der Waals surface area (Å²) in [5, 5.41) is 8.68. The van der Waals surface area contributed by atoms with Crippen LogP contribution in [0.2, 0.25) is 0 Å². The predicted molar refractivity (Wildman–Crippen MR) is 200 cm³/mol. The molecule has 0 aliphatic rings. The molecule has 6 aromatic carbocycles. The summed E-state index contributed by atoms with van der Waals surface area (Å²) in [6.07, 6.45) is 2.11. The molecule has 0 unspecified atom stereocenters. The molecule has 0 radical (unpaired) electrons. The van der Waals surface area contributed by atoms with E-state index in [4.69, 9.17) is 0 Å². The second kappa shape index (κ2) is 12.6. The van der Waals surface area contributed by atoms with Crippen LogP contribution in [0.1, 0.15) is 52.7 Å². The van der Waals surface area contributed by atoms with Crippen molar-refractivity contribution in [2.24, 2.45) is 0 Å². The van der Waals surface area contributed by atoms with Gasteiger partial charge in [0.25, 0.3) is 0 Å². The Morgan fingerprint density at radius 1 is 0.409 bits per heavy atom. The van der Waals surface area contributed by atoms with Gasteiger partial charge in [0.1, 0.15) is 0 Å². The van der Waals surface area contributed by atoms with Crippen molar-refractivity contribution in [1.82, 2.24) is 0 Å². The lowest BCUT2D eigenvalue weighted by Crippen LogP contribution is -2.26. The van der Waals surface area contributed by atoms with Crippen LogP contribution >= 0.6 is 15.8 Å². The van der Waals surface area contributed by atoms with Gasteiger partial charge >= 0.3 is 0 Å². The smallest absolute Gasteiger partial charge is 0.00138 e. The van der Waals surface area contributed by atoms with E-state index in [9.17, 15) is 0 Å². The lowest BCUT2D eigenvalue weighted by molar-refractivity contribution is 0.703. The average molecular weight is 611 g/mol. The Bertz CT molecular complexity index is 1820. The molecule has 222 valence electrons. The number of hydrogen-bond donors (Lipinski definition) is 0. The summed E-state index contributed by atoms with van der Waals surface area (Å²) < 4.78 is 0. The Hall–Kier alpha value is -3.30. The number of rotatable bonds is 7. The zero-order chi connectivity index (χ0) is 30.9. The molecule has 0 saturated heterocycles. The van der Waals surface area contributed by atoms with Gasteiger partial charge in [-0.1, -0.05) is 183 Å². The molecule has 2 heteroatoms. The van der Waals surface area contributed by atoms with Gasteiger partial charge in [-0.05, 0) is 78.8 Å². The Labute approximate surface area is 267 Å². The first-order valence-electron chi connectivity index (χ1n) is 15.8. The van der Waals surface area contributed by atoms with Gasteiger partial charge in [0.15, 0.2) is 0 Å². The Morgan fingerprint density at radius 3 is 1.23 bits per heavy atom. The highest BCUT2D eigenvalue weighted by Gasteiger charge is 2.35. The number of benzene rings is 6. The van der Waals surface area contributed by atoms with Crippen molar-refractivity contribution < 1.29 is 0 Å². The van der Waals surface area contributed by atoms with E-state index in [1.807, 2.05) is 0 Å². The molecule has 6 rings (SSSR count). The van der Waals surface area contributed by atoms with Crippen LogP contribution in [0, 0.1) is 0 Å². The van der Waals surface area contributed by atoms with Gasteiger partial charge in [-0.15, -0.1) is 0 Å². The van der Waals surface area contributed by atoms with Gasteiger partial charge in [-0.25, -0.2) is 0 Å². The minimum absolute atomic E-state index is 0.243. The Balaban J connectivity index is 1.63. The number of hydrogen-bond acceptors (Lipinski definition) is 0. The van der Waals surface area contributed by atoms with Gasteiger partial charge in [-0.3, -0.25) is 0 Å². The molecule has 0 atom stereocenters. The predicted octanol–water partition coefficient (Wildman–Crippen LogP) is 11.9. The highest BCUT2D eigenvalue weighted by atomic mass is 31.1. The summed E-state index contributed by atoms with van der Waals surface area (Å²) in [6.45, 7) is 14.7. The fourth-order valence-corrected chi connectivity index (χ4v) is 12.8. The summed E-state index contributed by atoms with van der Waals surface area (Å²) in [6, 6.07) is 50.0. The summed E-state index contributed by atoms with van der Waals surface area (Å²) in [7, 11) is -0.910. The molecule has 0 saturated carbocycles. The topological polar surface area (TPSA) is 0 Å². The molecule has 0 aliphatic carbocycles. The molecule has 0 bridgehead atoms. The normalized spacial score (nSPS) is 12.5. The molecule has 0 nitrogen and oxygen atoms in total. The quantitative estimate of drug-likeness (QED) is 0.158. The summed E-state index contributed by atoms with van der Waals surface area (Å²) >= 11 is 0. The van der Waals surface area contributed by atoms with Crippen LogP contribution in [0.4, 0.5) is 0 Å². The first-order valence-corrected chi connectivity index (χ1v) is 18.8. The third-order valence-electron chi connectivity index (χ3n) is 8.69. The third kappa shape index (κ3) is 6.40. The van der Waals surface area contributed by atoms with E-state index < -0.39 is 7.92 Å². The maximum absolute atomic E-state index is 2.45. The standard InChI is InChI=1S/C42H44P2/c1-41(2,3)44(42(4,5)6)30-34-28-26-32-18-14-16-24-38(32)40(34)39-33(27-25-31-17-13-15-23-37(31)39)29-43(35-19-9-7-10-20-35)36-21-11-8-12-22-36/h7-28H,29-30H2,1-6H3. The molecule has 0 fully saturated rings. The minimum atomic E-state index is -0.592. The van der Waals surface area contributed by atoms with Crippen molar-refractivity contribution in [1.29, 1.82) is 0 Å². The van der Waals surface area contributed by atoms with Gasteiger partial charge in [0, 0.05) is 6.16 Å². The Kier molecular flexibility index (Phi) is 8.79. The second-order valence-corrected chi connectivity index (χ2v) is 19.9. The van der Waals surface area contributed by atoms with E-state index >= 15 is 0 Å². The van der Waals surface area contributed by atoms with E-state index in [0.717, 1.165) is 12.3 Å². The Morgan fingerprint density at radius 2 is 0.795 bits per heavy atom. The molecule has 0 aromatic heterocycles. The highest BCUT2D eigenvalue weighted by Crippen LogP contribution is 2.62. The van der Waals surface area contributed by atoms with Crippen molar-refractivity contribution in [3.8, 4) is 11.1 Å². The van der Waals surface area contributed by atoms with Crippen LogP contribution in [0.25, 0.3) is 32.7 Å². The summed E-state index contributed by atoms with van der Waals surface area (Å²) in [4.78, 5) is 0. The van der Waals surface area contributed by atoms with Gasteiger partial charge < -0.3 is 0 Å². The van der Waals surface area contributed by atoms with E-state index in [-0.39, 0.29) is 18.2 Å². The summed E-state index contributed by atoms with van der Waals surface area (Å²) in [5.41, 5.74) is 5.79. The fourth-order valence-electron chi connectivity index (χ4n) is 6.86. The van der Waals surface area contributed by atoms with E-state index in [2.05, 4.69) is 175 Å². The molecule has 0 heterocycles. The molecular weight excluding hydrogens is 566 g/mol. The van der Waals surface area contributed by atoms with Gasteiger partial charge in [0.2, 0.25) is 0 Å². The molecule has 0 N–H and O–H groups in total. The second-order valence-electron chi connectivity index (χ2n) is 13.8. The maximum atomic E-state index is 2.45. The van der Waals surface area contributed by atoms with Crippen molar-refractivity contribution >= 4 is 48.0 Å². The maximum Gasteiger partial charge on any atom is 0.00138 e. The van der Waals surface area contributed by atoms with Crippen molar-refractivity contribution in [2.45, 2.75) is 64.2 Å². The third-order valence-corrected chi connectivity index (χ3v) is 15.1. The van der Waals surface area contributed by atoms with Crippen LogP contribution < -0.4 is 10.6 Å². The highest BCUT2D eigenvalue weighted by molar-refractivity contribution is 7.72. The minimum Gasteiger partial charge on any atom is -0.0911 e. The lowest BCUT2D eigenvalue weighted by Gasteiger charge is -2.42. The lowest BCUT2D eigenvalue weighted by atomic mass is 9.88. The van der Waals surface area contributed by atoms with Crippen molar-refractivity contribution in [3.05, 3.63) is 145 Å². The van der Waals surface area contributed by atoms with Crippen LogP contribution in [-0.4, -0.2) is 10.3 Å². The number of fused-ring (bicyclic) bond motifs is 2. The average Bonchev–Trinajstić information content (AvgIpc) is 3.02. The molecule has 6 aromatic rings.